The number of hydrogen-bond acceptors (Lipinski definition) is 5. The Morgan fingerprint density at radius 3 is 2.58 bits per heavy atom. The van der Waals surface area contributed by atoms with Gasteiger partial charge in [-0.1, -0.05) is 29.8 Å². The zero-order chi connectivity index (χ0) is 22.0. The van der Waals surface area contributed by atoms with E-state index in [2.05, 4.69) is 21.8 Å². The molecule has 1 saturated heterocycles. The number of aromatic nitrogens is 2. The lowest BCUT2D eigenvalue weighted by Gasteiger charge is -2.38. The van der Waals surface area contributed by atoms with E-state index in [9.17, 15) is 9.90 Å². The van der Waals surface area contributed by atoms with Crippen molar-refractivity contribution in [3.05, 3.63) is 92.6 Å². The molecule has 1 fully saturated rings. The summed E-state index contributed by atoms with van der Waals surface area (Å²) in [7, 11) is 2.09. The number of halogens is 1. The molecule has 31 heavy (non-hydrogen) atoms. The van der Waals surface area contributed by atoms with E-state index in [1.54, 1.807) is 23.0 Å². The molecule has 162 valence electrons. The molecule has 6 nitrogen and oxygen atoms in total. The van der Waals surface area contributed by atoms with E-state index in [4.69, 9.17) is 11.6 Å². The van der Waals surface area contributed by atoms with E-state index < -0.39 is 0 Å². The van der Waals surface area contributed by atoms with Gasteiger partial charge in [-0.15, -0.1) is 0 Å². The second-order valence-corrected chi connectivity index (χ2v) is 8.57. The Balaban J connectivity index is 1.84. The molecular formula is C24H27ClN4O2. The monoisotopic (exact) mass is 438 g/mol. The fraction of sp³-hybridized carbons (Fsp3) is 0.333. The molecule has 7 heteroatoms. The average Bonchev–Trinajstić information content (AvgIpc) is 2.76. The molecule has 2 aromatic heterocycles. The van der Waals surface area contributed by atoms with Crippen molar-refractivity contribution >= 4 is 11.6 Å². The van der Waals surface area contributed by atoms with Crippen LogP contribution in [0.3, 0.4) is 0 Å². The molecule has 0 radical (unpaired) electrons. The van der Waals surface area contributed by atoms with E-state index in [-0.39, 0.29) is 17.4 Å². The molecule has 0 saturated carbocycles. The fourth-order valence-corrected chi connectivity index (χ4v) is 4.41. The number of nitrogens with zero attached hydrogens (tertiary/aromatic N) is 4. The maximum absolute atomic E-state index is 13.7. The van der Waals surface area contributed by atoms with E-state index in [1.807, 2.05) is 43.3 Å². The second-order valence-electron chi connectivity index (χ2n) is 8.13. The van der Waals surface area contributed by atoms with E-state index in [0.717, 1.165) is 37.3 Å². The van der Waals surface area contributed by atoms with Crippen LogP contribution in [0, 0.1) is 6.92 Å². The van der Waals surface area contributed by atoms with Crippen molar-refractivity contribution in [1.29, 1.82) is 0 Å². The third-order valence-electron chi connectivity index (χ3n) is 5.93. The molecule has 3 aromatic rings. The van der Waals surface area contributed by atoms with Gasteiger partial charge in [0.15, 0.2) is 0 Å². The van der Waals surface area contributed by atoms with E-state index >= 15 is 0 Å². The van der Waals surface area contributed by atoms with Crippen molar-refractivity contribution in [3.63, 3.8) is 0 Å². The Labute approximate surface area is 187 Å². The summed E-state index contributed by atoms with van der Waals surface area (Å²) in [5, 5.41) is 11.6. The summed E-state index contributed by atoms with van der Waals surface area (Å²) in [5.74, 6) is 0.0221. The standard InChI is InChI=1S/C24H27ClN4O2/c1-17-13-21(30)22(24(31)29(17)16-18-5-4-8-26-15-18)23(19-6-3-7-20(25)14-19)28-11-9-27(2)10-12-28/h3-8,13-15,23,30H,9-12,16H2,1-2H3/t23-/m1/s1. The van der Waals surface area contributed by atoms with Gasteiger partial charge >= 0.3 is 0 Å². The van der Waals surface area contributed by atoms with Gasteiger partial charge < -0.3 is 14.6 Å². The van der Waals surface area contributed by atoms with Gasteiger partial charge in [0.1, 0.15) is 5.75 Å². The lowest BCUT2D eigenvalue weighted by molar-refractivity contribution is 0.125. The predicted octanol–water partition coefficient (Wildman–Crippen LogP) is 3.30. The van der Waals surface area contributed by atoms with Crippen LogP contribution in [0.2, 0.25) is 5.02 Å². The Kier molecular flexibility index (Phi) is 6.41. The zero-order valence-electron chi connectivity index (χ0n) is 17.8. The molecule has 1 atom stereocenters. The van der Waals surface area contributed by atoms with Gasteiger partial charge in [0.2, 0.25) is 0 Å². The minimum atomic E-state index is -0.374. The first kappa shape index (κ1) is 21.6. The van der Waals surface area contributed by atoms with Crippen molar-refractivity contribution in [3.8, 4) is 5.75 Å². The second kappa shape index (κ2) is 9.22. The number of benzene rings is 1. The topological polar surface area (TPSA) is 61.6 Å². The summed E-state index contributed by atoms with van der Waals surface area (Å²) < 4.78 is 1.71. The van der Waals surface area contributed by atoms with Gasteiger partial charge in [0.25, 0.3) is 5.56 Å². The van der Waals surface area contributed by atoms with E-state index in [1.165, 1.54) is 0 Å². The van der Waals surface area contributed by atoms with Crippen LogP contribution in [-0.4, -0.2) is 57.7 Å². The summed E-state index contributed by atoms with van der Waals surface area (Å²) in [4.78, 5) is 22.4. The summed E-state index contributed by atoms with van der Waals surface area (Å²) in [6, 6.07) is 12.7. The quantitative estimate of drug-likeness (QED) is 0.662. The highest BCUT2D eigenvalue weighted by Gasteiger charge is 2.31. The number of likely N-dealkylation sites (N-methyl/N-ethyl adjacent to an activating group) is 1. The van der Waals surface area contributed by atoms with Crippen LogP contribution < -0.4 is 5.56 Å². The lowest BCUT2D eigenvalue weighted by Crippen LogP contribution is -2.47. The summed E-state index contributed by atoms with van der Waals surface area (Å²) >= 11 is 6.30. The van der Waals surface area contributed by atoms with Crippen LogP contribution in [0.25, 0.3) is 0 Å². The maximum atomic E-state index is 13.7. The maximum Gasteiger partial charge on any atom is 0.259 e. The number of aromatic hydroxyl groups is 1. The Morgan fingerprint density at radius 2 is 1.90 bits per heavy atom. The van der Waals surface area contributed by atoms with Crippen LogP contribution in [-0.2, 0) is 6.54 Å². The van der Waals surface area contributed by atoms with Gasteiger partial charge in [-0.05, 0) is 49.4 Å². The lowest BCUT2D eigenvalue weighted by atomic mass is 9.96. The number of piperazine rings is 1. The van der Waals surface area contributed by atoms with Crippen LogP contribution in [0.1, 0.15) is 28.4 Å². The molecule has 0 amide bonds. The first-order chi connectivity index (χ1) is 14.9. The van der Waals surface area contributed by atoms with Crippen molar-refractivity contribution in [2.24, 2.45) is 0 Å². The van der Waals surface area contributed by atoms with Crippen LogP contribution in [0.5, 0.6) is 5.75 Å². The number of rotatable bonds is 5. The molecule has 1 aliphatic heterocycles. The first-order valence-corrected chi connectivity index (χ1v) is 10.8. The van der Waals surface area contributed by atoms with Gasteiger partial charge in [-0.2, -0.15) is 0 Å². The van der Waals surface area contributed by atoms with Crippen molar-refractivity contribution in [2.45, 2.75) is 19.5 Å². The first-order valence-electron chi connectivity index (χ1n) is 10.4. The molecule has 0 aliphatic carbocycles. The molecule has 0 spiro atoms. The minimum Gasteiger partial charge on any atom is -0.507 e. The molecule has 1 aliphatic rings. The molecule has 4 rings (SSSR count). The number of aryl methyl sites for hydroxylation is 1. The SMILES string of the molecule is Cc1cc(O)c([C@@H](c2cccc(Cl)c2)N2CCN(C)CC2)c(=O)n1Cc1cccnc1. The molecule has 1 aromatic carbocycles. The highest BCUT2D eigenvalue weighted by Crippen LogP contribution is 2.34. The van der Waals surface area contributed by atoms with Crippen molar-refractivity contribution < 1.29 is 5.11 Å². The summed E-state index contributed by atoms with van der Waals surface area (Å²) in [5.41, 5.74) is 2.74. The third-order valence-corrected chi connectivity index (χ3v) is 6.16. The minimum absolute atomic E-state index is 0.0221. The van der Waals surface area contributed by atoms with Crippen molar-refractivity contribution in [1.82, 2.24) is 19.4 Å². The van der Waals surface area contributed by atoms with Gasteiger partial charge in [0, 0.05) is 49.3 Å². The molecule has 0 unspecified atom stereocenters. The smallest absolute Gasteiger partial charge is 0.259 e. The number of pyridine rings is 2. The predicted molar refractivity (Wildman–Crippen MR) is 123 cm³/mol. The molecular weight excluding hydrogens is 412 g/mol. The summed E-state index contributed by atoms with van der Waals surface area (Å²) in [6.07, 6.45) is 3.47. The zero-order valence-corrected chi connectivity index (χ0v) is 18.6. The largest absolute Gasteiger partial charge is 0.507 e. The number of hydrogen-bond donors (Lipinski definition) is 1. The van der Waals surface area contributed by atoms with Gasteiger partial charge in [0.05, 0.1) is 18.2 Å². The highest BCUT2D eigenvalue weighted by atomic mass is 35.5. The third kappa shape index (κ3) is 4.66. The summed E-state index contributed by atoms with van der Waals surface area (Å²) in [6.45, 7) is 5.62. The van der Waals surface area contributed by atoms with Gasteiger partial charge in [-0.3, -0.25) is 14.7 Å². The van der Waals surface area contributed by atoms with Crippen LogP contribution in [0.15, 0.2) is 59.7 Å². The molecule has 3 heterocycles. The Bertz CT molecular complexity index is 1110. The molecule has 0 bridgehead atoms. The average molecular weight is 439 g/mol. The highest BCUT2D eigenvalue weighted by molar-refractivity contribution is 6.30. The fourth-order valence-electron chi connectivity index (χ4n) is 4.21. The Hall–Kier alpha value is -2.67. The normalized spacial score (nSPS) is 16.4. The van der Waals surface area contributed by atoms with Crippen molar-refractivity contribution in [2.75, 3.05) is 33.2 Å². The van der Waals surface area contributed by atoms with Gasteiger partial charge in [-0.25, -0.2) is 0 Å². The van der Waals surface area contributed by atoms with Crippen LogP contribution in [0.4, 0.5) is 0 Å². The Morgan fingerprint density at radius 1 is 1.13 bits per heavy atom. The van der Waals surface area contributed by atoms with E-state index in [0.29, 0.717) is 22.8 Å². The van der Waals surface area contributed by atoms with Crippen LogP contribution >= 0.6 is 11.6 Å². The molecule has 1 N–H and O–H groups in total.